The Hall–Kier alpha value is -2.98. The van der Waals surface area contributed by atoms with Crippen molar-refractivity contribution in [2.75, 3.05) is 6.26 Å². The van der Waals surface area contributed by atoms with Gasteiger partial charge in [0.1, 0.15) is 5.03 Å². The zero-order chi connectivity index (χ0) is 22.1. The van der Waals surface area contributed by atoms with Gasteiger partial charge >= 0.3 is 0 Å². The summed E-state index contributed by atoms with van der Waals surface area (Å²) in [5.41, 5.74) is 2.68. The number of sulfone groups is 1. The van der Waals surface area contributed by atoms with Gasteiger partial charge in [-0.25, -0.2) is 17.9 Å². The van der Waals surface area contributed by atoms with Crippen LogP contribution in [0.4, 0.5) is 0 Å². The molecule has 0 aliphatic rings. The van der Waals surface area contributed by atoms with E-state index < -0.39 is 9.84 Å². The highest BCUT2D eigenvalue weighted by molar-refractivity contribution is 7.99. The monoisotopic (exact) mass is 531 g/mol. The van der Waals surface area contributed by atoms with Gasteiger partial charge < -0.3 is 0 Å². The van der Waals surface area contributed by atoms with Gasteiger partial charge in [0.05, 0.1) is 27.7 Å². The Kier molecular flexibility index (Phi) is 7.93. The van der Waals surface area contributed by atoms with E-state index in [2.05, 4.69) is 15.1 Å². The standard InChI is InChI=1S/C23H17N5O2S2.2ClH/c1-31-23-21(32(29,30)16-9-3-2-4-10-16)22-26-19(17-11-5-7-13-24-17)15-20(28(22)27-23)18-12-6-8-14-25-18;;/h2-15H,1H3;2*1H. The third-order valence-corrected chi connectivity index (χ3v) is 7.49. The molecule has 174 valence electrons. The Morgan fingerprint density at radius 2 is 1.41 bits per heavy atom. The van der Waals surface area contributed by atoms with Crippen molar-refractivity contribution in [1.29, 1.82) is 0 Å². The molecular formula is C23H19Cl2N5O2S2. The minimum atomic E-state index is -3.87. The van der Waals surface area contributed by atoms with Crippen molar-refractivity contribution in [3.05, 3.63) is 85.2 Å². The predicted molar refractivity (Wildman–Crippen MR) is 138 cm³/mol. The molecule has 0 saturated heterocycles. The first-order valence-electron chi connectivity index (χ1n) is 9.70. The van der Waals surface area contributed by atoms with E-state index in [1.165, 1.54) is 11.8 Å². The molecule has 1 aromatic carbocycles. The van der Waals surface area contributed by atoms with Gasteiger partial charge in [-0.3, -0.25) is 9.97 Å². The van der Waals surface area contributed by atoms with Crippen molar-refractivity contribution < 1.29 is 8.42 Å². The van der Waals surface area contributed by atoms with Crippen LogP contribution in [0.3, 0.4) is 0 Å². The van der Waals surface area contributed by atoms with E-state index in [0.717, 1.165) is 0 Å². The van der Waals surface area contributed by atoms with Crippen LogP contribution in [0.25, 0.3) is 28.4 Å². The lowest BCUT2D eigenvalue weighted by Crippen LogP contribution is -2.05. The van der Waals surface area contributed by atoms with Crippen molar-refractivity contribution in [3.8, 4) is 22.8 Å². The van der Waals surface area contributed by atoms with Crippen LogP contribution in [-0.4, -0.2) is 39.2 Å². The summed E-state index contributed by atoms with van der Waals surface area (Å²) in [5, 5.41) is 4.98. The summed E-state index contributed by atoms with van der Waals surface area (Å²) in [4.78, 5) is 13.8. The Labute approximate surface area is 213 Å². The average Bonchev–Trinajstić information content (AvgIpc) is 3.24. The van der Waals surface area contributed by atoms with Crippen LogP contribution in [-0.2, 0) is 9.84 Å². The van der Waals surface area contributed by atoms with E-state index >= 15 is 0 Å². The lowest BCUT2D eigenvalue weighted by atomic mass is 10.2. The second-order valence-corrected chi connectivity index (χ2v) is 9.53. The molecule has 0 spiro atoms. The minimum Gasteiger partial charge on any atom is -0.255 e. The van der Waals surface area contributed by atoms with Crippen molar-refractivity contribution in [2.45, 2.75) is 14.8 Å². The Bertz CT molecular complexity index is 1520. The molecule has 4 heterocycles. The third-order valence-electron chi connectivity index (χ3n) is 4.89. The fourth-order valence-corrected chi connectivity index (χ4v) is 5.82. The third kappa shape index (κ3) is 4.52. The lowest BCUT2D eigenvalue weighted by Gasteiger charge is -2.09. The predicted octanol–water partition coefficient (Wildman–Crippen LogP) is 5.25. The number of fused-ring (bicyclic) bond motifs is 1. The normalized spacial score (nSPS) is 11.0. The van der Waals surface area contributed by atoms with E-state index in [1.807, 2.05) is 42.5 Å². The van der Waals surface area contributed by atoms with Gasteiger partial charge in [-0.1, -0.05) is 30.3 Å². The molecule has 0 saturated carbocycles. The van der Waals surface area contributed by atoms with Crippen molar-refractivity contribution >= 4 is 52.1 Å². The molecule has 0 amide bonds. The number of pyridine rings is 2. The molecule has 0 fully saturated rings. The van der Waals surface area contributed by atoms with E-state index in [1.54, 1.807) is 53.5 Å². The number of hydrogen-bond acceptors (Lipinski definition) is 7. The van der Waals surface area contributed by atoms with E-state index in [-0.39, 0.29) is 40.3 Å². The van der Waals surface area contributed by atoms with E-state index in [0.29, 0.717) is 27.8 Å². The minimum absolute atomic E-state index is 0. The number of thioether (sulfide) groups is 1. The maximum Gasteiger partial charge on any atom is 0.213 e. The Balaban J connectivity index is 0.00000162. The van der Waals surface area contributed by atoms with Crippen LogP contribution < -0.4 is 0 Å². The number of nitrogens with zero attached hydrogens (tertiary/aromatic N) is 5. The summed E-state index contributed by atoms with van der Waals surface area (Å²) in [6.07, 6.45) is 5.15. The maximum atomic E-state index is 13.6. The van der Waals surface area contributed by atoms with Gasteiger partial charge in [0.15, 0.2) is 10.5 Å². The first-order chi connectivity index (χ1) is 15.6. The van der Waals surface area contributed by atoms with Gasteiger partial charge in [-0.15, -0.1) is 36.6 Å². The van der Waals surface area contributed by atoms with Crippen LogP contribution in [0.15, 0.2) is 100 Å². The summed E-state index contributed by atoms with van der Waals surface area (Å²) in [7, 11) is -3.87. The molecule has 0 bridgehead atoms. The van der Waals surface area contributed by atoms with Gasteiger partial charge in [0, 0.05) is 12.4 Å². The number of rotatable bonds is 5. The molecule has 4 aromatic heterocycles. The van der Waals surface area contributed by atoms with E-state index in [4.69, 9.17) is 4.98 Å². The zero-order valence-corrected chi connectivity index (χ0v) is 21.0. The summed E-state index contributed by atoms with van der Waals surface area (Å²) < 4.78 is 28.8. The van der Waals surface area contributed by atoms with Crippen molar-refractivity contribution in [2.24, 2.45) is 0 Å². The second kappa shape index (κ2) is 10.5. The molecule has 0 atom stereocenters. The lowest BCUT2D eigenvalue weighted by molar-refractivity contribution is 0.594. The number of halogens is 2. The molecule has 0 unspecified atom stereocenters. The maximum absolute atomic E-state index is 13.6. The molecule has 0 radical (unpaired) electrons. The van der Waals surface area contributed by atoms with Crippen molar-refractivity contribution in [1.82, 2.24) is 24.6 Å². The average molecular weight is 532 g/mol. The summed E-state index contributed by atoms with van der Waals surface area (Å²) in [5.74, 6) is 0. The second-order valence-electron chi connectivity index (χ2n) is 6.85. The molecule has 0 aliphatic heterocycles. The van der Waals surface area contributed by atoms with Gasteiger partial charge in [0.2, 0.25) is 9.84 Å². The first-order valence-corrected chi connectivity index (χ1v) is 12.4. The highest BCUT2D eigenvalue weighted by Gasteiger charge is 2.30. The molecule has 34 heavy (non-hydrogen) atoms. The van der Waals surface area contributed by atoms with Crippen LogP contribution in [0.2, 0.25) is 0 Å². The quantitative estimate of drug-likeness (QED) is 0.286. The highest BCUT2D eigenvalue weighted by Crippen LogP contribution is 2.35. The Morgan fingerprint density at radius 1 is 0.794 bits per heavy atom. The zero-order valence-electron chi connectivity index (χ0n) is 17.8. The largest absolute Gasteiger partial charge is 0.255 e. The Morgan fingerprint density at radius 3 is 2.00 bits per heavy atom. The van der Waals surface area contributed by atoms with Gasteiger partial charge in [0.25, 0.3) is 0 Å². The topological polar surface area (TPSA) is 90.1 Å². The molecule has 5 rings (SSSR count). The fourth-order valence-electron chi connectivity index (χ4n) is 3.41. The molecule has 7 nitrogen and oxygen atoms in total. The first kappa shape index (κ1) is 25.6. The molecule has 0 N–H and O–H groups in total. The highest BCUT2D eigenvalue weighted by atomic mass is 35.5. The van der Waals surface area contributed by atoms with Crippen LogP contribution >= 0.6 is 36.6 Å². The van der Waals surface area contributed by atoms with Crippen molar-refractivity contribution in [3.63, 3.8) is 0 Å². The molecule has 11 heteroatoms. The van der Waals surface area contributed by atoms with Crippen LogP contribution in [0.1, 0.15) is 0 Å². The summed E-state index contributed by atoms with van der Waals surface area (Å²) in [6.45, 7) is 0. The fraction of sp³-hybridized carbons (Fsp3) is 0.0435. The molecular weight excluding hydrogens is 513 g/mol. The SMILES string of the molecule is CSc1nn2c(-c3ccccn3)cc(-c3ccccn3)nc2c1S(=O)(=O)c1ccccc1.Cl.Cl. The number of hydrogen-bond donors (Lipinski definition) is 0. The summed E-state index contributed by atoms with van der Waals surface area (Å²) >= 11 is 1.26. The molecule has 5 aromatic rings. The van der Waals surface area contributed by atoms with Gasteiger partial charge in [-0.2, -0.15) is 5.10 Å². The van der Waals surface area contributed by atoms with Crippen LogP contribution in [0, 0.1) is 0 Å². The number of benzene rings is 1. The number of aromatic nitrogens is 5. The van der Waals surface area contributed by atoms with Gasteiger partial charge in [-0.05, 0) is 48.7 Å². The summed E-state index contributed by atoms with van der Waals surface area (Å²) in [6, 6.07) is 21.2. The smallest absolute Gasteiger partial charge is 0.213 e. The van der Waals surface area contributed by atoms with Crippen LogP contribution in [0.5, 0.6) is 0 Å². The molecule has 0 aliphatic carbocycles. The van der Waals surface area contributed by atoms with E-state index in [9.17, 15) is 8.42 Å².